The normalized spacial score (nSPS) is 13.8. The highest BCUT2D eigenvalue weighted by Gasteiger charge is 2.28. The molecule has 0 spiro atoms. The molecule has 4 heteroatoms. The monoisotopic (exact) mass is 695 g/mol. The van der Waals surface area contributed by atoms with Crippen molar-refractivity contribution in [1.82, 2.24) is 0 Å². The van der Waals surface area contributed by atoms with E-state index in [0.29, 0.717) is 0 Å². The van der Waals surface area contributed by atoms with Crippen LogP contribution in [0.1, 0.15) is 24.0 Å². The first kappa shape index (κ1) is 30.6. The Kier molecular flexibility index (Phi) is 6.80. The van der Waals surface area contributed by atoms with Gasteiger partial charge >= 0.3 is 0 Å². The summed E-state index contributed by atoms with van der Waals surface area (Å²) in [5.41, 5.74) is 14.8. The van der Waals surface area contributed by atoms with Crippen molar-refractivity contribution in [2.24, 2.45) is 0 Å². The van der Waals surface area contributed by atoms with Crippen LogP contribution in [0.3, 0.4) is 0 Å². The van der Waals surface area contributed by atoms with Crippen LogP contribution in [-0.4, -0.2) is 0 Å². The van der Waals surface area contributed by atoms with Crippen molar-refractivity contribution in [3.63, 3.8) is 0 Å². The van der Waals surface area contributed by atoms with Crippen LogP contribution < -0.4 is 14.4 Å². The second-order valence-corrected chi connectivity index (χ2v) is 14.1. The van der Waals surface area contributed by atoms with Gasteiger partial charge in [0.25, 0.3) is 0 Å². The van der Waals surface area contributed by atoms with Gasteiger partial charge in [0.2, 0.25) is 0 Å². The highest BCUT2D eigenvalue weighted by Crippen LogP contribution is 2.50. The number of rotatable bonds is 5. The summed E-state index contributed by atoms with van der Waals surface area (Å²) in [5, 5.41) is 2.24. The highest BCUT2D eigenvalue weighted by molar-refractivity contribution is 6.06. The van der Waals surface area contributed by atoms with E-state index in [1.807, 2.05) is 42.5 Å². The van der Waals surface area contributed by atoms with Crippen molar-refractivity contribution in [2.45, 2.75) is 12.8 Å². The quantitative estimate of drug-likeness (QED) is 0.180. The van der Waals surface area contributed by atoms with E-state index in [1.54, 1.807) is 0 Å². The largest absolute Gasteiger partial charge is 0.456 e. The van der Waals surface area contributed by atoms with Crippen molar-refractivity contribution in [1.29, 1.82) is 0 Å². The van der Waals surface area contributed by atoms with Gasteiger partial charge in [-0.1, -0.05) is 104 Å². The molecular formula is C50H33NO3. The van der Waals surface area contributed by atoms with Crippen LogP contribution in [0, 0.1) is 0 Å². The Morgan fingerprint density at radius 2 is 0.944 bits per heavy atom. The SMILES string of the molecule is CC1c2cc(-c3ccc4c(c3)Oc3ccccc3O4)ccc2-c2ccc(N(c3ccc(-c4ccccc4)cc3)c3ccc4c(c3)oc3ccccc34)cc21. The Labute approximate surface area is 313 Å². The first-order chi connectivity index (χ1) is 26.6. The summed E-state index contributed by atoms with van der Waals surface area (Å²) in [6.07, 6.45) is 0. The maximum Gasteiger partial charge on any atom is 0.170 e. The second-order valence-electron chi connectivity index (χ2n) is 14.1. The van der Waals surface area contributed by atoms with E-state index in [4.69, 9.17) is 13.9 Å². The van der Waals surface area contributed by atoms with Gasteiger partial charge in [-0.3, -0.25) is 0 Å². The van der Waals surface area contributed by atoms with Gasteiger partial charge in [-0.25, -0.2) is 0 Å². The molecule has 1 aliphatic carbocycles. The first-order valence-electron chi connectivity index (χ1n) is 18.4. The molecular weight excluding hydrogens is 663 g/mol. The summed E-state index contributed by atoms with van der Waals surface area (Å²) in [7, 11) is 0. The molecule has 1 atom stereocenters. The third-order valence-corrected chi connectivity index (χ3v) is 11.0. The summed E-state index contributed by atoms with van der Waals surface area (Å²) in [6.45, 7) is 2.32. The zero-order chi connectivity index (χ0) is 35.8. The topological polar surface area (TPSA) is 34.8 Å². The summed E-state index contributed by atoms with van der Waals surface area (Å²) in [6, 6.07) is 61.9. The molecule has 1 aliphatic heterocycles. The zero-order valence-electron chi connectivity index (χ0n) is 29.5. The molecule has 1 unspecified atom stereocenters. The molecule has 11 rings (SSSR count). The lowest BCUT2D eigenvalue weighted by Gasteiger charge is -2.26. The van der Waals surface area contributed by atoms with Crippen LogP contribution in [0.2, 0.25) is 0 Å². The molecule has 8 aromatic carbocycles. The van der Waals surface area contributed by atoms with E-state index in [9.17, 15) is 0 Å². The molecule has 256 valence electrons. The molecule has 9 aromatic rings. The average Bonchev–Trinajstić information content (AvgIpc) is 3.74. The van der Waals surface area contributed by atoms with Crippen LogP contribution in [0.25, 0.3) is 55.3 Å². The lowest BCUT2D eigenvalue weighted by molar-refractivity contribution is 0.360. The van der Waals surface area contributed by atoms with Crippen LogP contribution in [-0.2, 0) is 0 Å². The maximum absolute atomic E-state index is 6.38. The molecule has 0 N–H and O–H groups in total. The van der Waals surface area contributed by atoms with E-state index >= 15 is 0 Å². The van der Waals surface area contributed by atoms with Gasteiger partial charge in [0, 0.05) is 39.8 Å². The maximum atomic E-state index is 6.38. The molecule has 0 amide bonds. The Morgan fingerprint density at radius 3 is 1.78 bits per heavy atom. The number of benzene rings is 8. The number of nitrogens with zero attached hydrogens (tertiary/aromatic N) is 1. The lowest BCUT2D eigenvalue weighted by atomic mass is 9.95. The summed E-state index contributed by atoms with van der Waals surface area (Å²) < 4.78 is 18.7. The Morgan fingerprint density at radius 1 is 0.389 bits per heavy atom. The third kappa shape index (κ3) is 4.91. The van der Waals surface area contributed by atoms with Gasteiger partial charge < -0.3 is 18.8 Å². The molecule has 0 radical (unpaired) electrons. The summed E-state index contributed by atoms with van der Waals surface area (Å²) >= 11 is 0. The number of anilines is 3. The molecule has 2 aliphatic rings. The highest BCUT2D eigenvalue weighted by atomic mass is 16.6. The van der Waals surface area contributed by atoms with Crippen LogP contribution in [0.15, 0.2) is 180 Å². The minimum atomic E-state index is 0.208. The number of para-hydroxylation sites is 3. The predicted octanol–water partition coefficient (Wildman–Crippen LogP) is 14.4. The van der Waals surface area contributed by atoms with Gasteiger partial charge in [0.15, 0.2) is 23.0 Å². The van der Waals surface area contributed by atoms with E-state index < -0.39 is 0 Å². The van der Waals surface area contributed by atoms with E-state index in [1.165, 1.54) is 33.4 Å². The first-order valence-corrected chi connectivity index (χ1v) is 18.4. The van der Waals surface area contributed by atoms with Gasteiger partial charge in [0.05, 0.1) is 0 Å². The minimum absolute atomic E-state index is 0.208. The molecule has 0 fully saturated rings. The van der Waals surface area contributed by atoms with Crippen LogP contribution >= 0.6 is 0 Å². The van der Waals surface area contributed by atoms with E-state index in [2.05, 4.69) is 145 Å². The summed E-state index contributed by atoms with van der Waals surface area (Å²) in [4.78, 5) is 2.34. The Balaban J connectivity index is 0.973. The van der Waals surface area contributed by atoms with Crippen molar-refractivity contribution >= 4 is 39.0 Å². The van der Waals surface area contributed by atoms with Crippen molar-refractivity contribution < 1.29 is 13.9 Å². The summed E-state index contributed by atoms with van der Waals surface area (Å²) in [5.74, 6) is 3.13. The number of fused-ring (bicyclic) bond motifs is 8. The minimum Gasteiger partial charge on any atom is -0.456 e. The lowest BCUT2D eigenvalue weighted by Crippen LogP contribution is -2.10. The van der Waals surface area contributed by atoms with Gasteiger partial charge in [0.1, 0.15) is 11.2 Å². The standard InChI is InChI=1S/C50H33NO3/c1-31-43-27-34(35-18-26-48-50(28-35)54-47-14-8-7-13-46(47)53-48)17-23-39(43)40-24-21-37(29-44(31)40)51(36-19-15-33(16-20-36)32-9-3-2-4-10-32)38-22-25-42-41-11-5-6-12-45(41)52-49(42)30-38/h2-31H,1H3. The predicted molar refractivity (Wildman–Crippen MR) is 219 cm³/mol. The molecule has 2 heterocycles. The van der Waals surface area contributed by atoms with Gasteiger partial charge in [-0.15, -0.1) is 0 Å². The second kappa shape index (κ2) is 12.0. The molecule has 54 heavy (non-hydrogen) atoms. The van der Waals surface area contributed by atoms with E-state index in [-0.39, 0.29) is 5.92 Å². The average molecular weight is 696 g/mol. The molecule has 1 aromatic heterocycles. The number of hydrogen-bond acceptors (Lipinski definition) is 4. The fourth-order valence-electron chi connectivity index (χ4n) is 8.25. The molecule has 4 nitrogen and oxygen atoms in total. The third-order valence-electron chi connectivity index (χ3n) is 11.0. The van der Waals surface area contributed by atoms with Crippen molar-refractivity contribution in [2.75, 3.05) is 4.90 Å². The number of furan rings is 1. The Bertz CT molecular complexity index is 2910. The van der Waals surface area contributed by atoms with Crippen LogP contribution in [0.4, 0.5) is 17.1 Å². The number of ether oxygens (including phenoxy) is 2. The van der Waals surface area contributed by atoms with E-state index in [0.717, 1.165) is 73.1 Å². The fourth-order valence-corrected chi connectivity index (χ4v) is 8.25. The van der Waals surface area contributed by atoms with Gasteiger partial charge in [-0.2, -0.15) is 0 Å². The number of hydrogen-bond donors (Lipinski definition) is 0. The molecule has 0 saturated heterocycles. The smallest absolute Gasteiger partial charge is 0.170 e. The Hall–Kier alpha value is -7.04. The van der Waals surface area contributed by atoms with Crippen molar-refractivity contribution in [3.05, 3.63) is 187 Å². The fraction of sp³-hybridized carbons (Fsp3) is 0.0400. The van der Waals surface area contributed by atoms with Gasteiger partial charge in [-0.05, 0) is 117 Å². The molecule has 0 bridgehead atoms. The van der Waals surface area contributed by atoms with Crippen LogP contribution in [0.5, 0.6) is 23.0 Å². The van der Waals surface area contributed by atoms with Crippen molar-refractivity contribution in [3.8, 4) is 56.4 Å². The molecule has 0 saturated carbocycles. The zero-order valence-corrected chi connectivity index (χ0v) is 29.5.